The first-order valence-corrected chi connectivity index (χ1v) is 16.1. The molecule has 3 aliphatic heterocycles. The number of rotatable bonds is 7. The highest BCUT2D eigenvalue weighted by Crippen LogP contribution is 2.33. The van der Waals surface area contributed by atoms with Crippen molar-refractivity contribution in [1.29, 1.82) is 0 Å². The number of carbonyl (C=O) groups is 2. The summed E-state index contributed by atoms with van der Waals surface area (Å²) in [5.41, 5.74) is 6.84. The number of amides is 2. The minimum absolute atomic E-state index is 0.121. The summed E-state index contributed by atoms with van der Waals surface area (Å²) in [6.07, 6.45) is 7.52. The lowest BCUT2D eigenvalue weighted by molar-refractivity contribution is 0.0363. The van der Waals surface area contributed by atoms with Crippen LogP contribution in [0, 0.1) is 13.8 Å². The van der Waals surface area contributed by atoms with Crippen LogP contribution in [0.5, 0.6) is 5.75 Å². The first-order chi connectivity index (χ1) is 22.9. The molecule has 3 aliphatic rings. The van der Waals surface area contributed by atoms with Crippen molar-refractivity contribution >= 4 is 17.5 Å². The van der Waals surface area contributed by atoms with Crippen LogP contribution in [0.4, 0.5) is 5.69 Å². The van der Waals surface area contributed by atoms with Crippen molar-refractivity contribution in [3.8, 4) is 11.4 Å². The molecule has 47 heavy (non-hydrogen) atoms. The number of aromatic nitrogens is 2. The summed E-state index contributed by atoms with van der Waals surface area (Å²) in [6.45, 7) is 10.1. The summed E-state index contributed by atoms with van der Waals surface area (Å²) in [5.74, 6) is 0.370. The third-order valence-corrected chi connectivity index (χ3v) is 9.26. The van der Waals surface area contributed by atoms with Crippen molar-refractivity contribution in [2.75, 3.05) is 51.4 Å². The van der Waals surface area contributed by atoms with Gasteiger partial charge in [-0.1, -0.05) is 18.2 Å². The van der Waals surface area contributed by atoms with Gasteiger partial charge < -0.3 is 28.4 Å². The second kappa shape index (κ2) is 13.0. The lowest BCUT2D eigenvalue weighted by Crippen LogP contribution is -2.40. The Morgan fingerprint density at radius 2 is 1.53 bits per heavy atom. The van der Waals surface area contributed by atoms with Gasteiger partial charge in [0.05, 0.1) is 39.1 Å². The Labute approximate surface area is 275 Å². The topological polar surface area (TPSA) is 75.4 Å². The van der Waals surface area contributed by atoms with Crippen LogP contribution in [-0.4, -0.2) is 82.2 Å². The first kappa shape index (κ1) is 30.6. The molecular formula is C37H40N6O4. The van der Waals surface area contributed by atoms with E-state index < -0.39 is 0 Å². The lowest BCUT2D eigenvalue weighted by atomic mass is 10.1. The van der Waals surface area contributed by atoms with Crippen molar-refractivity contribution in [3.05, 3.63) is 125 Å². The molecule has 4 aromatic rings. The largest absolute Gasteiger partial charge is 0.495 e. The standard InChI is InChI=1S/C37H40N6O4/c1-27-8-9-28(2)43(27)33-12-10-29(24-35(33)46-3)36(44)42-26-31-11-13-34(41(31)25-30-6-4-5-7-32(30)42)37(45)40-18-16-38(17-19-40)14-15-39-20-22-47-23-21-39/h4-13,16-19,24H,14-15,20-23,25-26H2,1-3H3. The molecule has 0 atom stereocenters. The maximum Gasteiger partial charge on any atom is 0.278 e. The maximum atomic E-state index is 14.2. The molecule has 0 N–H and O–H groups in total. The van der Waals surface area contributed by atoms with Crippen LogP contribution < -0.4 is 9.64 Å². The van der Waals surface area contributed by atoms with Gasteiger partial charge in [-0.15, -0.1) is 0 Å². The van der Waals surface area contributed by atoms with Crippen LogP contribution in [0.2, 0.25) is 0 Å². The zero-order chi connectivity index (χ0) is 32.5. The van der Waals surface area contributed by atoms with Gasteiger partial charge in [-0.3, -0.25) is 19.4 Å². The van der Waals surface area contributed by atoms with Crippen LogP contribution >= 0.6 is 0 Å². The van der Waals surface area contributed by atoms with E-state index in [0.717, 1.165) is 73.4 Å². The number of hydrogen-bond donors (Lipinski definition) is 0. The molecule has 2 aromatic carbocycles. The van der Waals surface area contributed by atoms with E-state index in [4.69, 9.17) is 9.47 Å². The van der Waals surface area contributed by atoms with Crippen LogP contribution in [0.3, 0.4) is 0 Å². The molecule has 10 heteroatoms. The quantitative estimate of drug-likeness (QED) is 0.281. The number of para-hydroxylation sites is 1. The van der Waals surface area contributed by atoms with Crippen LogP contribution in [0.15, 0.2) is 91.5 Å². The van der Waals surface area contributed by atoms with E-state index in [2.05, 4.69) is 26.5 Å². The SMILES string of the molecule is COc1cc(C(=O)N2Cc3ccc(C(=O)N4C=CN(CCN5CCOCC5)C=C4)n3Cc3ccccc32)ccc1-n1c(C)ccc1C. The highest BCUT2D eigenvalue weighted by Gasteiger charge is 2.29. The Hall–Kier alpha value is -5.06. The third-order valence-electron chi connectivity index (χ3n) is 9.26. The van der Waals surface area contributed by atoms with Gasteiger partial charge in [-0.25, -0.2) is 0 Å². The Kier molecular flexibility index (Phi) is 8.45. The fourth-order valence-corrected chi connectivity index (χ4v) is 6.64. The minimum atomic E-state index is -0.134. The average Bonchev–Trinajstić information content (AvgIpc) is 3.61. The summed E-state index contributed by atoms with van der Waals surface area (Å²) < 4.78 is 15.4. The number of nitrogens with zero attached hydrogens (tertiary/aromatic N) is 6. The number of anilines is 1. The fourth-order valence-electron chi connectivity index (χ4n) is 6.64. The van der Waals surface area contributed by atoms with Crippen molar-refractivity contribution < 1.29 is 19.1 Å². The predicted octanol–water partition coefficient (Wildman–Crippen LogP) is 5.15. The van der Waals surface area contributed by atoms with E-state index in [1.54, 1.807) is 16.9 Å². The molecule has 0 bridgehead atoms. The van der Waals surface area contributed by atoms with Gasteiger partial charge in [0.25, 0.3) is 11.8 Å². The Balaban J connectivity index is 1.12. The summed E-state index contributed by atoms with van der Waals surface area (Å²) in [6, 6.07) is 21.5. The molecule has 0 aliphatic carbocycles. The molecule has 242 valence electrons. The van der Waals surface area contributed by atoms with E-state index in [-0.39, 0.29) is 11.8 Å². The van der Waals surface area contributed by atoms with Gasteiger partial charge in [0, 0.05) is 79.3 Å². The van der Waals surface area contributed by atoms with Crippen molar-refractivity contribution in [2.24, 2.45) is 0 Å². The molecule has 0 radical (unpaired) electrons. The smallest absolute Gasteiger partial charge is 0.278 e. The minimum Gasteiger partial charge on any atom is -0.495 e. The molecular weight excluding hydrogens is 592 g/mol. The number of aryl methyl sites for hydroxylation is 2. The molecule has 7 rings (SSSR count). The zero-order valence-electron chi connectivity index (χ0n) is 27.1. The summed E-state index contributed by atoms with van der Waals surface area (Å²) in [4.78, 5) is 36.0. The van der Waals surface area contributed by atoms with E-state index in [9.17, 15) is 9.59 Å². The summed E-state index contributed by atoms with van der Waals surface area (Å²) in [5, 5.41) is 0. The molecule has 10 nitrogen and oxygen atoms in total. The van der Waals surface area contributed by atoms with Crippen LogP contribution in [0.25, 0.3) is 5.69 Å². The predicted molar refractivity (Wildman–Crippen MR) is 181 cm³/mol. The van der Waals surface area contributed by atoms with Gasteiger partial charge in [0.2, 0.25) is 0 Å². The van der Waals surface area contributed by atoms with Crippen molar-refractivity contribution in [2.45, 2.75) is 26.9 Å². The maximum absolute atomic E-state index is 14.2. The lowest BCUT2D eigenvalue weighted by Gasteiger charge is -2.30. The average molecular weight is 633 g/mol. The first-order valence-electron chi connectivity index (χ1n) is 16.1. The van der Waals surface area contributed by atoms with Crippen LogP contribution in [0.1, 0.15) is 43.5 Å². The van der Waals surface area contributed by atoms with Gasteiger partial charge in [0.15, 0.2) is 0 Å². The third kappa shape index (κ3) is 5.97. The molecule has 1 fully saturated rings. The van der Waals surface area contributed by atoms with Gasteiger partial charge in [-0.05, 0) is 67.9 Å². The number of fused-ring (bicyclic) bond motifs is 2. The van der Waals surface area contributed by atoms with Gasteiger partial charge in [-0.2, -0.15) is 0 Å². The fraction of sp³-hybridized carbons (Fsp3) is 0.297. The Morgan fingerprint density at radius 3 is 2.28 bits per heavy atom. The van der Waals surface area contributed by atoms with E-state index in [1.807, 2.05) is 97.8 Å². The second-order valence-electron chi connectivity index (χ2n) is 12.2. The summed E-state index contributed by atoms with van der Waals surface area (Å²) >= 11 is 0. The zero-order valence-corrected chi connectivity index (χ0v) is 27.1. The molecule has 2 aromatic heterocycles. The number of morpholine rings is 1. The molecule has 0 unspecified atom stereocenters. The number of ether oxygens (including phenoxy) is 2. The Morgan fingerprint density at radius 1 is 0.787 bits per heavy atom. The van der Waals surface area contributed by atoms with Crippen LogP contribution in [-0.2, 0) is 17.8 Å². The number of benzene rings is 2. The second-order valence-corrected chi connectivity index (χ2v) is 12.2. The normalized spacial score (nSPS) is 16.2. The molecule has 0 saturated carbocycles. The molecule has 0 spiro atoms. The van der Waals surface area contributed by atoms with E-state index in [0.29, 0.717) is 30.1 Å². The monoisotopic (exact) mass is 632 g/mol. The number of methoxy groups -OCH3 is 1. The molecule has 2 amide bonds. The highest BCUT2D eigenvalue weighted by molar-refractivity contribution is 6.07. The van der Waals surface area contributed by atoms with E-state index in [1.165, 1.54) is 0 Å². The summed E-state index contributed by atoms with van der Waals surface area (Å²) in [7, 11) is 1.63. The van der Waals surface area contributed by atoms with Gasteiger partial charge >= 0.3 is 0 Å². The van der Waals surface area contributed by atoms with Gasteiger partial charge in [0.1, 0.15) is 11.4 Å². The molecule has 1 saturated heterocycles. The van der Waals surface area contributed by atoms with Crippen molar-refractivity contribution in [1.82, 2.24) is 23.8 Å². The highest BCUT2D eigenvalue weighted by atomic mass is 16.5. The number of hydrogen-bond acceptors (Lipinski definition) is 6. The van der Waals surface area contributed by atoms with E-state index >= 15 is 0 Å². The molecule has 5 heterocycles. The van der Waals surface area contributed by atoms with Crippen molar-refractivity contribution in [3.63, 3.8) is 0 Å². The Bertz CT molecular complexity index is 1830. The number of carbonyl (C=O) groups excluding carboxylic acids is 2.